The van der Waals surface area contributed by atoms with Crippen LogP contribution in [-0.4, -0.2) is 21.5 Å². The zero-order chi connectivity index (χ0) is 9.26. The van der Waals surface area contributed by atoms with E-state index < -0.39 is 0 Å². The minimum absolute atomic E-state index is 0.255. The van der Waals surface area contributed by atoms with E-state index in [0.29, 0.717) is 11.8 Å². The molecule has 13 heavy (non-hydrogen) atoms. The molecular weight excluding hydrogens is 188 g/mol. The summed E-state index contributed by atoms with van der Waals surface area (Å²) in [5.41, 5.74) is 0. The molecule has 0 amide bonds. The molecule has 0 radical (unpaired) electrons. The lowest BCUT2D eigenvalue weighted by molar-refractivity contribution is 0.861. The van der Waals surface area contributed by atoms with E-state index in [-0.39, 0.29) is 5.28 Å². The van der Waals surface area contributed by atoms with Gasteiger partial charge in [0, 0.05) is 6.54 Å². The summed E-state index contributed by atoms with van der Waals surface area (Å²) in [7, 11) is 0. The van der Waals surface area contributed by atoms with Gasteiger partial charge in [-0.3, -0.25) is 0 Å². The molecule has 1 aliphatic rings. The van der Waals surface area contributed by atoms with Crippen LogP contribution in [-0.2, 0) is 0 Å². The van der Waals surface area contributed by atoms with E-state index in [0.717, 1.165) is 12.5 Å². The summed E-state index contributed by atoms with van der Waals surface area (Å²) in [6, 6.07) is 0. The van der Waals surface area contributed by atoms with E-state index in [1.165, 1.54) is 12.8 Å². The maximum absolute atomic E-state index is 5.68. The Morgan fingerprint density at radius 1 is 1.38 bits per heavy atom. The molecule has 0 saturated heterocycles. The Morgan fingerprint density at radius 2 is 2.15 bits per heavy atom. The third-order valence-electron chi connectivity index (χ3n) is 1.97. The van der Waals surface area contributed by atoms with Crippen molar-refractivity contribution in [2.45, 2.75) is 19.8 Å². The molecule has 1 saturated carbocycles. The fraction of sp³-hybridized carbons (Fsp3) is 0.625. The van der Waals surface area contributed by atoms with Crippen molar-refractivity contribution in [1.29, 1.82) is 0 Å². The summed E-state index contributed by atoms with van der Waals surface area (Å²) in [6.07, 6.45) is 2.62. The average molecular weight is 199 g/mol. The van der Waals surface area contributed by atoms with Gasteiger partial charge in [-0.1, -0.05) is 0 Å². The van der Waals surface area contributed by atoms with Crippen LogP contribution in [0, 0.1) is 12.8 Å². The van der Waals surface area contributed by atoms with Gasteiger partial charge in [-0.25, -0.2) is 4.98 Å². The van der Waals surface area contributed by atoms with Gasteiger partial charge in [0.25, 0.3) is 0 Å². The first-order chi connectivity index (χ1) is 6.24. The van der Waals surface area contributed by atoms with Crippen molar-refractivity contribution in [3.05, 3.63) is 11.1 Å². The number of hydrogen-bond donors (Lipinski definition) is 1. The Kier molecular flexibility index (Phi) is 2.31. The minimum Gasteiger partial charge on any atom is -0.354 e. The maximum atomic E-state index is 5.68. The van der Waals surface area contributed by atoms with Gasteiger partial charge in [-0.15, -0.1) is 0 Å². The van der Waals surface area contributed by atoms with Crippen LogP contribution in [0.4, 0.5) is 5.95 Å². The zero-order valence-corrected chi connectivity index (χ0v) is 8.17. The van der Waals surface area contributed by atoms with E-state index in [1.54, 1.807) is 6.92 Å². The van der Waals surface area contributed by atoms with Crippen LogP contribution in [0.5, 0.6) is 0 Å². The molecule has 1 aliphatic carbocycles. The Hall–Kier alpha value is -0.900. The highest BCUT2D eigenvalue weighted by molar-refractivity contribution is 6.28. The highest BCUT2D eigenvalue weighted by Gasteiger charge is 2.21. The number of halogens is 1. The van der Waals surface area contributed by atoms with E-state index >= 15 is 0 Å². The summed E-state index contributed by atoms with van der Waals surface area (Å²) in [5.74, 6) is 2.04. The minimum atomic E-state index is 0.255. The number of rotatable bonds is 3. The van der Waals surface area contributed by atoms with Gasteiger partial charge < -0.3 is 5.32 Å². The average Bonchev–Trinajstić information content (AvgIpc) is 2.81. The van der Waals surface area contributed by atoms with Crippen LogP contribution in [0.3, 0.4) is 0 Å². The van der Waals surface area contributed by atoms with Gasteiger partial charge in [0.15, 0.2) is 0 Å². The van der Waals surface area contributed by atoms with Crippen molar-refractivity contribution in [3.8, 4) is 0 Å². The van der Waals surface area contributed by atoms with Gasteiger partial charge in [0.2, 0.25) is 11.2 Å². The summed E-state index contributed by atoms with van der Waals surface area (Å²) < 4.78 is 0. The second kappa shape index (κ2) is 3.46. The summed E-state index contributed by atoms with van der Waals surface area (Å²) in [6.45, 7) is 2.75. The number of aryl methyl sites for hydroxylation is 1. The van der Waals surface area contributed by atoms with Gasteiger partial charge in [-0.05, 0) is 37.3 Å². The van der Waals surface area contributed by atoms with Crippen molar-refractivity contribution in [2.24, 2.45) is 5.92 Å². The van der Waals surface area contributed by atoms with Crippen LogP contribution >= 0.6 is 11.6 Å². The number of aromatic nitrogens is 3. The molecule has 0 aliphatic heterocycles. The zero-order valence-electron chi connectivity index (χ0n) is 7.42. The summed E-state index contributed by atoms with van der Waals surface area (Å²) in [5, 5.41) is 3.40. The SMILES string of the molecule is Cc1nc(Cl)nc(NCC2CC2)n1. The molecule has 0 bridgehead atoms. The molecule has 1 N–H and O–H groups in total. The van der Waals surface area contributed by atoms with E-state index in [9.17, 15) is 0 Å². The standard InChI is InChI=1S/C8H11ClN4/c1-5-11-7(9)13-8(12-5)10-4-6-2-3-6/h6H,2-4H2,1H3,(H,10,11,12,13). The third kappa shape index (κ3) is 2.52. The molecule has 4 nitrogen and oxygen atoms in total. The largest absolute Gasteiger partial charge is 0.354 e. The van der Waals surface area contributed by atoms with Gasteiger partial charge in [0.1, 0.15) is 5.82 Å². The normalized spacial score (nSPS) is 15.8. The molecule has 0 unspecified atom stereocenters. The summed E-state index contributed by atoms with van der Waals surface area (Å²) in [4.78, 5) is 12.0. The number of hydrogen-bond acceptors (Lipinski definition) is 4. The molecule has 1 aromatic rings. The van der Waals surface area contributed by atoms with Crippen molar-refractivity contribution in [3.63, 3.8) is 0 Å². The van der Waals surface area contributed by atoms with Crippen LogP contribution in [0.25, 0.3) is 0 Å². The number of nitrogens with zero attached hydrogens (tertiary/aromatic N) is 3. The Bertz CT molecular complexity index is 291. The van der Waals surface area contributed by atoms with Crippen LogP contribution in [0.2, 0.25) is 5.28 Å². The lowest BCUT2D eigenvalue weighted by Gasteiger charge is -2.03. The quantitative estimate of drug-likeness (QED) is 0.803. The molecular formula is C8H11ClN4. The van der Waals surface area contributed by atoms with Crippen molar-refractivity contribution in [1.82, 2.24) is 15.0 Å². The van der Waals surface area contributed by atoms with Gasteiger partial charge in [0.05, 0.1) is 0 Å². The Labute approximate surface area is 81.8 Å². The van der Waals surface area contributed by atoms with E-state index in [4.69, 9.17) is 11.6 Å². The molecule has 0 aromatic carbocycles. The molecule has 0 atom stereocenters. The topological polar surface area (TPSA) is 50.7 Å². The highest BCUT2D eigenvalue weighted by Crippen LogP contribution is 2.28. The Balaban J connectivity index is 2.01. The lowest BCUT2D eigenvalue weighted by atomic mass is 10.4. The second-order valence-electron chi connectivity index (χ2n) is 3.30. The molecule has 5 heteroatoms. The number of nitrogens with one attached hydrogen (secondary N) is 1. The van der Waals surface area contributed by atoms with Crippen molar-refractivity contribution in [2.75, 3.05) is 11.9 Å². The predicted octanol–water partition coefficient (Wildman–Crippen LogP) is 1.66. The number of anilines is 1. The molecule has 1 aromatic heterocycles. The molecule has 0 spiro atoms. The van der Waals surface area contributed by atoms with Gasteiger partial charge >= 0.3 is 0 Å². The van der Waals surface area contributed by atoms with E-state index in [2.05, 4.69) is 20.3 Å². The molecule has 70 valence electrons. The molecule has 1 fully saturated rings. The van der Waals surface area contributed by atoms with Crippen LogP contribution < -0.4 is 5.32 Å². The molecule has 1 heterocycles. The monoisotopic (exact) mass is 198 g/mol. The van der Waals surface area contributed by atoms with Crippen molar-refractivity contribution >= 4 is 17.5 Å². The summed E-state index contributed by atoms with van der Waals surface area (Å²) >= 11 is 5.68. The molecule has 2 rings (SSSR count). The fourth-order valence-corrected chi connectivity index (χ4v) is 1.29. The van der Waals surface area contributed by atoms with Crippen LogP contribution in [0.1, 0.15) is 18.7 Å². The first kappa shape index (κ1) is 8.69. The van der Waals surface area contributed by atoms with Crippen molar-refractivity contribution < 1.29 is 0 Å². The Morgan fingerprint density at radius 3 is 2.77 bits per heavy atom. The highest BCUT2D eigenvalue weighted by atomic mass is 35.5. The first-order valence-corrected chi connectivity index (χ1v) is 4.74. The maximum Gasteiger partial charge on any atom is 0.227 e. The van der Waals surface area contributed by atoms with E-state index in [1.807, 2.05) is 0 Å². The van der Waals surface area contributed by atoms with Gasteiger partial charge in [-0.2, -0.15) is 9.97 Å². The third-order valence-corrected chi connectivity index (χ3v) is 2.13. The van der Waals surface area contributed by atoms with Crippen LogP contribution in [0.15, 0.2) is 0 Å². The second-order valence-corrected chi connectivity index (χ2v) is 3.64. The predicted molar refractivity (Wildman–Crippen MR) is 50.8 cm³/mol. The fourth-order valence-electron chi connectivity index (χ4n) is 1.09. The first-order valence-electron chi connectivity index (χ1n) is 4.36. The lowest BCUT2D eigenvalue weighted by Crippen LogP contribution is -2.08. The smallest absolute Gasteiger partial charge is 0.227 e.